The number of hydrogen-bond donors (Lipinski definition) is 1. The smallest absolute Gasteiger partial charge is 0.123 e. The highest BCUT2D eigenvalue weighted by Gasteiger charge is 2.26. The Hall–Kier alpha value is -0.930. The summed E-state index contributed by atoms with van der Waals surface area (Å²) in [5.41, 5.74) is 7.43. The molecule has 2 nitrogen and oxygen atoms in total. The van der Waals surface area contributed by atoms with E-state index in [4.69, 9.17) is 5.73 Å². The van der Waals surface area contributed by atoms with Gasteiger partial charge in [0.05, 0.1) is 0 Å². The molecule has 3 heteroatoms. The third kappa shape index (κ3) is 3.09. The number of benzene rings is 1. The Balaban J connectivity index is 2.20. The Bertz CT molecular complexity index is 357. The van der Waals surface area contributed by atoms with Crippen molar-refractivity contribution in [1.82, 2.24) is 4.90 Å². The third-order valence-corrected chi connectivity index (χ3v) is 3.87. The molecule has 1 fully saturated rings. The topological polar surface area (TPSA) is 29.3 Å². The zero-order valence-corrected chi connectivity index (χ0v) is 11.1. The molecule has 0 aliphatic carbocycles. The molecule has 100 valence electrons. The molecule has 0 bridgehead atoms. The van der Waals surface area contributed by atoms with Gasteiger partial charge >= 0.3 is 0 Å². The van der Waals surface area contributed by atoms with Crippen molar-refractivity contribution in [2.45, 2.75) is 44.7 Å². The third-order valence-electron chi connectivity index (χ3n) is 3.87. The molecule has 1 aliphatic heterocycles. The molecule has 0 saturated carbocycles. The van der Waals surface area contributed by atoms with Gasteiger partial charge in [0.15, 0.2) is 0 Å². The van der Waals surface area contributed by atoms with Crippen LogP contribution in [0.2, 0.25) is 0 Å². The summed E-state index contributed by atoms with van der Waals surface area (Å²) in [5, 5.41) is 0. The summed E-state index contributed by atoms with van der Waals surface area (Å²) in [6.45, 7) is 4.33. The maximum atomic E-state index is 13.0. The average Bonchev–Trinajstić information content (AvgIpc) is 2.42. The molecule has 2 N–H and O–H groups in total. The van der Waals surface area contributed by atoms with E-state index < -0.39 is 0 Å². The van der Waals surface area contributed by atoms with Gasteiger partial charge in [-0.25, -0.2) is 4.39 Å². The molecule has 1 aromatic carbocycles. The first-order valence-corrected chi connectivity index (χ1v) is 6.97. The van der Waals surface area contributed by atoms with Crippen LogP contribution in [0.4, 0.5) is 4.39 Å². The zero-order valence-electron chi connectivity index (χ0n) is 11.1. The standard InChI is InChI=1S/C15H23FN2/c1-2-14(17)15(18-10-4-3-5-11-18)12-6-8-13(16)9-7-12/h6-9,14-15H,2-5,10-11,17H2,1H3. The van der Waals surface area contributed by atoms with Crippen LogP contribution in [-0.4, -0.2) is 24.0 Å². The molecule has 0 radical (unpaired) electrons. The van der Waals surface area contributed by atoms with Crippen LogP contribution in [0.15, 0.2) is 24.3 Å². The fourth-order valence-corrected chi connectivity index (χ4v) is 2.81. The fraction of sp³-hybridized carbons (Fsp3) is 0.600. The number of hydrogen-bond acceptors (Lipinski definition) is 2. The lowest BCUT2D eigenvalue weighted by molar-refractivity contribution is 0.140. The summed E-state index contributed by atoms with van der Waals surface area (Å²) in [4.78, 5) is 2.46. The highest BCUT2D eigenvalue weighted by Crippen LogP contribution is 2.28. The molecule has 18 heavy (non-hydrogen) atoms. The normalized spacial score (nSPS) is 20.6. The first-order chi connectivity index (χ1) is 8.72. The van der Waals surface area contributed by atoms with Gasteiger partial charge in [-0.15, -0.1) is 0 Å². The van der Waals surface area contributed by atoms with Crippen molar-refractivity contribution in [2.75, 3.05) is 13.1 Å². The van der Waals surface area contributed by atoms with Crippen LogP contribution in [-0.2, 0) is 0 Å². The predicted molar refractivity (Wildman–Crippen MR) is 72.8 cm³/mol. The number of halogens is 1. The van der Waals surface area contributed by atoms with Gasteiger partial charge in [0, 0.05) is 12.1 Å². The maximum absolute atomic E-state index is 13.0. The molecule has 2 unspecified atom stereocenters. The van der Waals surface area contributed by atoms with Gasteiger partial charge in [0.25, 0.3) is 0 Å². The minimum Gasteiger partial charge on any atom is -0.326 e. The van der Waals surface area contributed by atoms with Gasteiger partial charge < -0.3 is 5.73 Å². The molecule has 1 heterocycles. The second kappa shape index (κ2) is 6.30. The molecule has 1 aromatic rings. The summed E-state index contributed by atoms with van der Waals surface area (Å²) in [6.07, 6.45) is 4.74. The lowest BCUT2D eigenvalue weighted by atomic mass is 9.94. The zero-order chi connectivity index (χ0) is 13.0. The second-order valence-electron chi connectivity index (χ2n) is 5.17. The predicted octanol–water partition coefficient (Wildman–Crippen LogP) is 3.09. The molecule has 0 spiro atoms. The van der Waals surface area contributed by atoms with Crippen molar-refractivity contribution in [3.8, 4) is 0 Å². The van der Waals surface area contributed by atoms with Crippen molar-refractivity contribution < 1.29 is 4.39 Å². The highest BCUT2D eigenvalue weighted by molar-refractivity contribution is 5.21. The van der Waals surface area contributed by atoms with Crippen LogP contribution >= 0.6 is 0 Å². The van der Waals surface area contributed by atoms with E-state index in [1.165, 1.54) is 31.4 Å². The van der Waals surface area contributed by atoms with Crippen LogP contribution in [0, 0.1) is 5.82 Å². The van der Waals surface area contributed by atoms with Gasteiger partial charge in [-0.1, -0.05) is 25.5 Å². The molecule has 0 aromatic heterocycles. The summed E-state index contributed by atoms with van der Waals surface area (Å²) in [6, 6.07) is 7.18. The quantitative estimate of drug-likeness (QED) is 0.889. The van der Waals surface area contributed by atoms with Crippen LogP contribution in [0.3, 0.4) is 0 Å². The van der Waals surface area contributed by atoms with Crippen LogP contribution in [0.25, 0.3) is 0 Å². The Kier molecular flexibility index (Phi) is 4.72. The van der Waals surface area contributed by atoms with Crippen molar-refractivity contribution in [2.24, 2.45) is 5.73 Å². The van der Waals surface area contributed by atoms with Crippen molar-refractivity contribution in [3.05, 3.63) is 35.6 Å². The SMILES string of the molecule is CCC(N)C(c1ccc(F)cc1)N1CCCCC1. The molecule has 0 amide bonds. The highest BCUT2D eigenvalue weighted by atomic mass is 19.1. The van der Waals surface area contributed by atoms with E-state index in [2.05, 4.69) is 11.8 Å². The number of rotatable bonds is 4. The molecule has 1 aliphatic rings. The van der Waals surface area contributed by atoms with Crippen LogP contribution in [0.1, 0.15) is 44.2 Å². The minimum atomic E-state index is -0.179. The number of piperidine rings is 1. The number of nitrogens with zero attached hydrogens (tertiary/aromatic N) is 1. The van der Waals surface area contributed by atoms with Crippen molar-refractivity contribution >= 4 is 0 Å². The molecular weight excluding hydrogens is 227 g/mol. The molecule has 2 rings (SSSR count). The fourth-order valence-electron chi connectivity index (χ4n) is 2.81. The second-order valence-corrected chi connectivity index (χ2v) is 5.17. The van der Waals surface area contributed by atoms with E-state index in [9.17, 15) is 4.39 Å². The van der Waals surface area contributed by atoms with Crippen molar-refractivity contribution in [1.29, 1.82) is 0 Å². The van der Waals surface area contributed by atoms with E-state index >= 15 is 0 Å². The van der Waals surface area contributed by atoms with Crippen molar-refractivity contribution in [3.63, 3.8) is 0 Å². The average molecular weight is 250 g/mol. The maximum Gasteiger partial charge on any atom is 0.123 e. The summed E-state index contributed by atoms with van der Waals surface area (Å²) in [7, 11) is 0. The van der Waals surface area contributed by atoms with Gasteiger partial charge in [-0.05, 0) is 50.0 Å². The summed E-state index contributed by atoms with van der Waals surface area (Å²) in [5.74, 6) is -0.179. The van der Waals surface area contributed by atoms with Gasteiger partial charge in [-0.3, -0.25) is 4.90 Å². The molecular formula is C15H23FN2. The first-order valence-electron chi connectivity index (χ1n) is 6.97. The van der Waals surface area contributed by atoms with Crippen LogP contribution < -0.4 is 5.73 Å². The molecule has 1 saturated heterocycles. The van der Waals surface area contributed by atoms with Crippen LogP contribution in [0.5, 0.6) is 0 Å². The Labute approximate surface area is 109 Å². The minimum absolute atomic E-state index is 0.119. The lowest BCUT2D eigenvalue weighted by Crippen LogP contribution is -2.43. The largest absolute Gasteiger partial charge is 0.326 e. The lowest BCUT2D eigenvalue weighted by Gasteiger charge is -2.38. The van der Waals surface area contributed by atoms with Gasteiger partial charge in [0.1, 0.15) is 5.82 Å². The van der Waals surface area contributed by atoms with Gasteiger partial charge in [0.2, 0.25) is 0 Å². The van der Waals surface area contributed by atoms with E-state index in [-0.39, 0.29) is 17.9 Å². The Morgan fingerprint density at radius 2 is 1.78 bits per heavy atom. The van der Waals surface area contributed by atoms with E-state index in [1.54, 1.807) is 0 Å². The Morgan fingerprint density at radius 3 is 2.33 bits per heavy atom. The summed E-state index contributed by atoms with van der Waals surface area (Å²) < 4.78 is 13.0. The monoisotopic (exact) mass is 250 g/mol. The Morgan fingerprint density at radius 1 is 1.17 bits per heavy atom. The van der Waals surface area contributed by atoms with E-state index in [0.29, 0.717) is 0 Å². The summed E-state index contributed by atoms with van der Waals surface area (Å²) >= 11 is 0. The van der Waals surface area contributed by atoms with E-state index in [0.717, 1.165) is 25.1 Å². The van der Waals surface area contributed by atoms with Gasteiger partial charge in [-0.2, -0.15) is 0 Å². The first kappa shape index (κ1) is 13.5. The van der Waals surface area contributed by atoms with E-state index in [1.807, 2.05) is 12.1 Å². The molecule has 2 atom stereocenters. The number of likely N-dealkylation sites (tertiary alicyclic amines) is 1. The number of nitrogens with two attached hydrogens (primary N) is 1.